The molecule has 0 unspecified atom stereocenters. The molecule has 3 heterocycles. The molecule has 2 saturated heterocycles. The SMILES string of the molecule is Cc1nscc1C(=O)N1C[C@H](c2ccccc2)[C@H]2COCC[C@@H]21. The molecule has 0 N–H and O–H groups in total. The maximum absolute atomic E-state index is 13.0. The zero-order valence-corrected chi connectivity index (χ0v) is 14.0. The van der Waals surface area contributed by atoms with Crippen LogP contribution in [0.5, 0.6) is 0 Å². The average molecular weight is 328 g/mol. The molecule has 2 aliphatic rings. The largest absolute Gasteiger partial charge is 0.381 e. The van der Waals surface area contributed by atoms with Gasteiger partial charge in [-0.25, -0.2) is 0 Å². The summed E-state index contributed by atoms with van der Waals surface area (Å²) in [5.74, 6) is 0.880. The molecule has 2 aliphatic heterocycles. The Morgan fingerprint density at radius 1 is 1.35 bits per heavy atom. The molecule has 5 heteroatoms. The third-order valence-electron chi connectivity index (χ3n) is 5.14. The summed E-state index contributed by atoms with van der Waals surface area (Å²) in [7, 11) is 0. The Morgan fingerprint density at radius 3 is 2.91 bits per heavy atom. The fraction of sp³-hybridized carbons (Fsp3) is 0.444. The maximum atomic E-state index is 13.0. The van der Waals surface area contributed by atoms with Crippen LogP contribution in [0.25, 0.3) is 0 Å². The standard InChI is InChI=1S/C18H20N2O2S/c1-12-16(11-23-19-12)18(21)20-9-14(13-5-3-2-4-6-13)15-10-22-8-7-17(15)20/h2-6,11,14-15,17H,7-10H2,1H3/t14-,15-,17+/m1/s1. The monoisotopic (exact) mass is 328 g/mol. The maximum Gasteiger partial charge on any atom is 0.256 e. The molecule has 4 nitrogen and oxygen atoms in total. The molecule has 0 bridgehead atoms. The summed E-state index contributed by atoms with van der Waals surface area (Å²) in [5.41, 5.74) is 2.91. The molecular weight excluding hydrogens is 308 g/mol. The van der Waals surface area contributed by atoms with Gasteiger partial charge in [-0.1, -0.05) is 30.3 Å². The minimum absolute atomic E-state index is 0.131. The number of benzene rings is 1. The van der Waals surface area contributed by atoms with E-state index in [4.69, 9.17) is 4.74 Å². The van der Waals surface area contributed by atoms with Crippen molar-refractivity contribution in [2.45, 2.75) is 25.3 Å². The fourth-order valence-corrected chi connectivity index (χ4v) is 4.63. The van der Waals surface area contributed by atoms with Crippen molar-refractivity contribution in [3.8, 4) is 0 Å². The van der Waals surface area contributed by atoms with E-state index in [1.165, 1.54) is 17.1 Å². The molecule has 4 rings (SSSR count). The number of fused-ring (bicyclic) bond motifs is 1. The van der Waals surface area contributed by atoms with Gasteiger partial charge in [-0.05, 0) is 30.4 Å². The molecule has 1 amide bonds. The third-order valence-corrected chi connectivity index (χ3v) is 5.86. The van der Waals surface area contributed by atoms with Crippen molar-refractivity contribution in [2.75, 3.05) is 19.8 Å². The Bertz CT molecular complexity index is 700. The topological polar surface area (TPSA) is 42.4 Å². The number of amides is 1. The van der Waals surface area contributed by atoms with Crippen molar-refractivity contribution in [3.63, 3.8) is 0 Å². The number of rotatable bonds is 2. The van der Waals surface area contributed by atoms with Crippen LogP contribution in [0.15, 0.2) is 35.7 Å². The molecule has 1 aromatic carbocycles. The van der Waals surface area contributed by atoms with Crippen molar-refractivity contribution in [1.82, 2.24) is 9.27 Å². The second kappa shape index (κ2) is 6.06. The first kappa shape index (κ1) is 14.8. The molecule has 1 aromatic heterocycles. The average Bonchev–Trinajstić information content (AvgIpc) is 3.19. The van der Waals surface area contributed by atoms with Crippen molar-refractivity contribution >= 4 is 17.4 Å². The smallest absolute Gasteiger partial charge is 0.256 e. The first-order valence-electron chi connectivity index (χ1n) is 8.10. The molecule has 0 saturated carbocycles. The predicted molar refractivity (Wildman–Crippen MR) is 89.8 cm³/mol. The highest BCUT2D eigenvalue weighted by atomic mass is 32.1. The normalized spacial score (nSPS) is 27.0. The van der Waals surface area contributed by atoms with Crippen LogP contribution in [-0.2, 0) is 4.74 Å². The lowest BCUT2D eigenvalue weighted by Gasteiger charge is -2.32. The number of nitrogens with zero attached hydrogens (tertiary/aromatic N) is 2. The number of carbonyl (C=O) groups excluding carboxylic acids is 1. The molecule has 23 heavy (non-hydrogen) atoms. The van der Waals surface area contributed by atoms with Gasteiger partial charge in [0.2, 0.25) is 0 Å². The quantitative estimate of drug-likeness (QED) is 0.851. The lowest BCUT2D eigenvalue weighted by Crippen LogP contribution is -2.42. The first-order valence-corrected chi connectivity index (χ1v) is 8.94. The van der Waals surface area contributed by atoms with Crippen LogP contribution in [0.1, 0.15) is 34.0 Å². The summed E-state index contributed by atoms with van der Waals surface area (Å²) >= 11 is 1.36. The minimum Gasteiger partial charge on any atom is -0.381 e. The summed E-state index contributed by atoms with van der Waals surface area (Å²) in [4.78, 5) is 15.1. The lowest BCUT2D eigenvalue weighted by molar-refractivity contribution is 0.0188. The highest BCUT2D eigenvalue weighted by Crippen LogP contribution is 2.41. The van der Waals surface area contributed by atoms with Gasteiger partial charge in [0.05, 0.1) is 17.9 Å². The van der Waals surface area contributed by atoms with Crippen LogP contribution in [-0.4, -0.2) is 41.0 Å². The van der Waals surface area contributed by atoms with E-state index in [1.807, 2.05) is 18.4 Å². The van der Waals surface area contributed by atoms with E-state index in [0.29, 0.717) is 11.8 Å². The van der Waals surface area contributed by atoms with Gasteiger partial charge in [0, 0.05) is 36.4 Å². The van der Waals surface area contributed by atoms with Gasteiger partial charge in [0.25, 0.3) is 5.91 Å². The van der Waals surface area contributed by atoms with Gasteiger partial charge in [0.15, 0.2) is 0 Å². The van der Waals surface area contributed by atoms with E-state index in [9.17, 15) is 4.79 Å². The summed E-state index contributed by atoms with van der Waals surface area (Å²) in [6.07, 6.45) is 0.927. The number of carbonyl (C=O) groups is 1. The number of hydrogen-bond acceptors (Lipinski definition) is 4. The number of likely N-dealkylation sites (tertiary alicyclic amines) is 1. The highest BCUT2D eigenvalue weighted by Gasteiger charge is 2.46. The fourth-order valence-electron chi connectivity index (χ4n) is 3.94. The Kier molecular flexibility index (Phi) is 3.91. The third kappa shape index (κ3) is 2.58. The predicted octanol–water partition coefficient (Wildman–Crippen LogP) is 3.10. The second-order valence-electron chi connectivity index (χ2n) is 6.38. The number of ether oxygens (including phenoxy) is 1. The Balaban J connectivity index is 1.66. The van der Waals surface area contributed by atoms with E-state index in [0.717, 1.165) is 37.4 Å². The van der Waals surface area contributed by atoms with Gasteiger partial charge in [-0.2, -0.15) is 4.37 Å². The van der Waals surface area contributed by atoms with Crippen molar-refractivity contribution < 1.29 is 9.53 Å². The Morgan fingerprint density at radius 2 is 2.17 bits per heavy atom. The zero-order chi connectivity index (χ0) is 15.8. The van der Waals surface area contributed by atoms with Gasteiger partial charge < -0.3 is 9.64 Å². The first-order chi connectivity index (χ1) is 11.3. The molecule has 0 aliphatic carbocycles. The lowest BCUT2D eigenvalue weighted by atomic mass is 9.84. The van der Waals surface area contributed by atoms with Crippen LogP contribution < -0.4 is 0 Å². The van der Waals surface area contributed by atoms with Crippen molar-refractivity contribution in [3.05, 3.63) is 52.5 Å². The molecule has 3 atom stereocenters. The van der Waals surface area contributed by atoms with Crippen LogP contribution in [0, 0.1) is 12.8 Å². The molecule has 0 radical (unpaired) electrons. The Labute approximate surface area is 140 Å². The van der Waals surface area contributed by atoms with Gasteiger partial charge in [-0.15, -0.1) is 0 Å². The summed E-state index contributed by atoms with van der Waals surface area (Å²) < 4.78 is 9.99. The molecule has 2 fully saturated rings. The molecule has 0 spiro atoms. The van der Waals surface area contributed by atoms with Crippen molar-refractivity contribution in [2.24, 2.45) is 5.92 Å². The van der Waals surface area contributed by atoms with E-state index in [2.05, 4.69) is 33.5 Å². The van der Waals surface area contributed by atoms with E-state index >= 15 is 0 Å². The Hall–Kier alpha value is -1.72. The number of aromatic nitrogens is 1. The van der Waals surface area contributed by atoms with Crippen LogP contribution in [0.3, 0.4) is 0 Å². The number of aryl methyl sites for hydroxylation is 1. The molecule has 2 aromatic rings. The molecule has 120 valence electrons. The van der Waals surface area contributed by atoms with E-state index < -0.39 is 0 Å². The summed E-state index contributed by atoms with van der Waals surface area (Å²) in [6, 6.07) is 10.8. The van der Waals surface area contributed by atoms with Gasteiger partial charge >= 0.3 is 0 Å². The van der Waals surface area contributed by atoms with Gasteiger partial charge in [-0.3, -0.25) is 4.79 Å². The highest BCUT2D eigenvalue weighted by molar-refractivity contribution is 7.03. The summed E-state index contributed by atoms with van der Waals surface area (Å²) in [6.45, 7) is 4.18. The van der Waals surface area contributed by atoms with Crippen molar-refractivity contribution in [1.29, 1.82) is 0 Å². The summed E-state index contributed by atoms with van der Waals surface area (Å²) in [5, 5.41) is 1.88. The van der Waals surface area contributed by atoms with E-state index in [-0.39, 0.29) is 11.9 Å². The van der Waals surface area contributed by atoms with Gasteiger partial charge in [0.1, 0.15) is 0 Å². The van der Waals surface area contributed by atoms with E-state index in [1.54, 1.807) is 0 Å². The minimum atomic E-state index is 0.131. The van der Waals surface area contributed by atoms with Crippen LogP contribution in [0.4, 0.5) is 0 Å². The van der Waals surface area contributed by atoms with Crippen LogP contribution >= 0.6 is 11.5 Å². The number of hydrogen-bond donors (Lipinski definition) is 0. The zero-order valence-electron chi connectivity index (χ0n) is 13.1. The van der Waals surface area contributed by atoms with Crippen LogP contribution in [0.2, 0.25) is 0 Å². The second-order valence-corrected chi connectivity index (χ2v) is 7.01. The molecular formula is C18H20N2O2S.